The van der Waals surface area contributed by atoms with Crippen molar-refractivity contribution in [2.75, 3.05) is 20.5 Å². The summed E-state index contributed by atoms with van der Waals surface area (Å²) in [6.45, 7) is 0. The van der Waals surface area contributed by atoms with Crippen LogP contribution < -0.4 is 29.8 Å². The number of nitrogens with one attached hydrogen (secondary N) is 1. The van der Waals surface area contributed by atoms with Gasteiger partial charge in [0.15, 0.2) is 19.1 Å². The molecule has 1 atom stereocenters. The molecule has 0 aliphatic carbocycles. The third-order valence-corrected chi connectivity index (χ3v) is 8.53. The van der Waals surface area contributed by atoms with E-state index in [0.717, 1.165) is 29.5 Å². The van der Waals surface area contributed by atoms with Gasteiger partial charge in [-0.2, -0.15) is 5.26 Å². The van der Waals surface area contributed by atoms with Gasteiger partial charge in [-0.25, -0.2) is 17.5 Å². The summed E-state index contributed by atoms with van der Waals surface area (Å²) in [6.07, 6.45) is -1.06. The molecule has 0 fully saturated rings. The van der Waals surface area contributed by atoms with Gasteiger partial charge in [0.1, 0.15) is 21.8 Å². The number of ether oxygens (including phenoxy) is 2. The molecule has 34 heavy (non-hydrogen) atoms. The van der Waals surface area contributed by atoms with E-state index in [1.54, 1.807) is 30.3 Å². The van der Waals surface area contributed by atoms with Gasteiger partial charge in [-0.05, 0) is 36.4 Å². The van der Waals surface area contributed by atoms with Crippen LogP contribution in [0.2, 0.25) is 0 Å². The van der Waals surface area contributed by atoms with Gasteiger partial charge >= 0.3 is 0 Å². The summed E-state index contributed by atoms with van der Waals surface area (Å²) in [5.41, 5.74) is 0.314. The molecule has 1 unspecified atom stereocenters. The lowest BCUT2D eigenvalue weighted by Gasteiger charge is -2.24. The molecule has 5 N–H and O–H groups in total. The van der Waals surface area contributed by atoms with Gasteiger partial charge in [-0.15, -0.1) is 11.3 Å². The maximum Gasteiger partial charge on any atom is 0.250 e. The second-order valence-corrected chi connectivity index (χ2v) is 11.2. The highest BCUT2D eigenvalue weighted by atomic mass is 32.2. The Bertz CT molecular complexity index is 1370. The van der Waals surface area contributed by atoms with Crippen LogP contribution in [0.15, 0.2) is 52.7 Å². The largest absolute Gasteiger partial charge is 0.768 e. The average molecular weight is 530 g/mol. The average Bonchev–Trinajstić information content (AvgIpc) is 3.28. The number of nitriles is 1. The van der Waals surface area contributed by atoms with Crippen molar-refractivity contribution in [3.63, 3.8) is 0 Å². The number of para-hydroxylation sites is 1. The number of benzene rings is 2. The normalized spacial score (nSPS) is 12.7. The maximum atomic E-state index is 13.6. The Kier molecular flexibility index (Phi) is 8.79. The molecule has 182 valence electrons. The lowest BCUT2D eigenvalue weighted by Crippen LogP contribution is -2.28. The quantitative estimate of drug-likeness (QED) is 0.395. The number of quaternary nitrogens is 1. The van der Waals surface area contributed by atoms with E-state index in [0.29, 0.717) is 21.9 Å². The molecule has 1 heterocycles. The first-order valence-electron chi connectivity index (χ1n) is 9.10. The molecule has 0 aliphatic heterocycles. The third-order valence-electron chi connectivity index (χ3n) is 4.27. The van der Waals surface area contributed by atoms with Gasteiger partial charge in [0.2, 0.25) is 0 Å². The number of hydrogen-bond acceptors (Lipinski definition) is 9. The molecular weight excluding hydrogens is 508 g/mol. The van der Waals surface area contributed by atoms with E-state index in [4.69, 9.17) is 19.3 Å². The van der Waals surface area contributed by atoms with Gasteiger partial charge in [0, 0.05) is 16.5 Å². The molecule has 0 spiro atoms. The molecular formula is C20H21FN3O7PS2. The molecule has 0 aliphatic rings. The second kappa shape index (κ2) is 11.0. The summed E-state index contributed by atoms with van der Waals surface area (Å²) in [7, 11) is -6.04. The Morgan fingerprint density at radius 3 is 2.53 bits per heavy atom. The minimum Gasteiger partial charge on any atom is -0.768 e. The fourth-order valence-electron chi connectivity index (χ4n) is 2.76. The molecule has 3 rings (SSSR count). The van der Waals surface area contributed by atoms with Crippen LogP contribution in [-0.2, 0) is 14.6 Å². The van der Waals surface area contributed by atoms with Crippen LogP contribution in [0.1, 0.15) is 5.56 Å². The first kappa shape index (κ1) is 27.3. The first-order valence-corrected chi connectivity index (χ1v) is 13.1. The van der Waals surface area contributed by atoms with E-state index in [2.05, 4.69) is 0 Å². The Morgan fingerprint density at radius 2 is 1.91 bits per heavy atom. The zero-order valence-corrected chi connectivity index (χ0v) is 20.8. The predicted molar refractivity (Wildman–Crippen MR) is 123 cm³/mol. The lowest BCUT2D eigenvalue weighted by atomic mass is 10.1. The number of thiophene rings is 1. The topological polar surface area (TPSA) is 174 Å². The highest BCUT2D eigenvalue weighted by Gasteiger charge is 2.22. The Labute approximate surface area is 199 Å². The van der Waals surface area contributed by atoms with Gasteiger partial charge in [0.25, 0.3) is 10.0 Å². The van der Waals surface area contributed by atoms with Gasteiger partial charge < -0.3 is 25.0 Å². The van der Waals surface area contributed by atoms with Crippen molar-refractivity contribution in [1.82, 2.24) is 10.9 Å². The van der Waals surface area contributed by atoms with Crippen molar-refractivity contribution in [2.45, 2.75) is 4.21 Å². The zero-order chi connectivity index (χ0) is 24.2. The predicted octanol–water partition coefficient (Wildman–Crippen LogP) is 3.69. The van der Waals surface area contributed by atoms with Crippen molar-refractivity contribution < 1.29 is 36.3 Å². The van der Waals surface area contributed by atoms with Crippen LogP contribution in [0.3, 0.4) is 0 Å². The van der Waals surface area contributed by atoms with E-state index in [1.165, 1.54) is 20.3 Å². The molecule has 0 bridgehead atoms. The van der Waals surface area contributed by atoms with E-state index in [-0.39, 0.29) is 21.7 Å². The Balaban J connectivity index is 0.00000408. The SMILES string of the molecule is COc1cccc(-c2ccc(S(=O)(=O)NCP(=O)([O-])Oc3ccc(C#N)c(F)c3)s2)c1OC.[NH4+]. The zero-order valence-electron chi connectivity index (χ0n) is 18.3. The lowest BCUT2D eigenvalue weighted by molar-refractivity contribution is -0.191. The van der Waals surface area contributed by atoms with Crippen molar-refractivity contribution in [2.24, 2.45) is 0 Å². The van der Waals surface area contributed by atoms with Crippen molar-refractivity contribution >= 4 is 29.0 Å². The highest BCUT2D eigenvalue weighted by molar-refractivity contribution is 7.92. The number of hydrogen-bond donors (Lipinski definition) is 2. The molecule has 14 heteroatoms. The Hall–Kier alpha value is -2.98. The van der Waals surface area contributed by atoms with E-state index in [1.807, 2.05) is 4.72 Å². The fourth-order valence-corrected chi connectivity index (χ4v) is 6.61. The molecule has 1 aromatic heterocycles. The first-order chi connectivity index (χ1) is 15.6. The van der Waals surface area contributed by atoms with Gasteiger partial charge in [-0.3, -0.25) is 4.57 Å². The second-order valence-electron chi connectivity index (χ2n) is 6.42. The number of rotatable bonds is 9. The fraction of sp³-hybridized carbons (Fsp3) is 0.150. The van der Waals surface area contributed by atoms with Crippen LogP contribution in [0.4, 0.5) is 4.39 Å². The van der Waals surface area contributed by atoms with Crippen LogP contribution in [0, 0.1) is 17.1 Å². The van der Waals surface area contributed by atoms with Crippen molar-refractivity contribution in [3.8, 4) is 33.8 Å². The molecule has 0 amide bonds. The maximum absolute atomic E-state index is 13.6. The third kappa shape index (κ3) is 6.12. The molecule has 0 saturated carbocycles. The summed E-state index contributed by atoms with van der Waals surface area (Å²) in [6, 6.07) is 12.5. The van der Waals surface area contributed by atoms with Crippen molar-refractivity contribution in [1.29, 1.82) is 5.26 Å². The summed E-state index contributed by atoms with van der Waals surface area (Å²) in [5.74, 6) is -0.456. The summed E-state index contributed by atoms with van der Waals surface area (Å²) < 4.78 is 68.3. The number of halogens is 1. The van der Waals surface area contributed by atoms with E-state index < -0.39 is 29.7 Å². The standard InChI is InChI=1S/C20H18FN2O7PS2.H3N/c1-28-17-5-3-4-15(20(17)29-2)18-8-9-19(32-18)33(26,27)23-12-31(24,25)30-14-7-6-13(11-22)16(21)10-14;/h3-10,23H,12H2,1-2H3,(H,24,25);1H3. The van der Waals surface area contributed by atoms with E-state index in [9.17, 15) is 22.3 Å². The Morgan fingerprint density at radius 1 is 1.18 bits per heavy atom. The minimum absolute atomic E-state index is 0. The van der Waals surface area contributed by atoms with Gasteiger partial charge in [0.05, 0.1) is 26.1 Å². The van der Waals surface area contributed by atoms with Crippen LogP contribution in [0.25, 0.3) is 10.4 Å². The monoisotopic (exact) mass is 529 g/mol. The van der Waals surface area contributed by atoms with Crippen LogP contribution >= 0.6 is 18.9 Å². The molecule has 2 aromatic carbocycles. The summed E-state index contributed by atoms with van der Waals surface area (Å²) >= 11 is 0.903. The van der Waals surface area contributed by atoms with Crippen molar-refractivity contribution in [3.05, 3.63) is 59.9 Å². The molecule has 10 nitrogen and oxygen atoms in total. The minimum atomic E-state index is -4.77. The number of sulfonamides is 1. The summed E-state index contributed by atoms with van der Waals surface area (Å²) in [5, 5.41) is 8.72. The smallest absolute Gasteiger partial charge is 0.250 e. The molecule has 0 radical (unpaired) electrons. The number of methoxy groups -OCH3 is 2. The van der Waals surface area contributed by atoms with Crippen LogP contribution in [-0.4, -0.2) is 28.9 Å². The van der Waals surface area contributed by atoms with E-state index >= 15 is 0 Å². The molecule has 3 aromatic rings. The molecule has 0 saturated heterocycles. The number of nitrogens with zero attached hydrogens (tertiary/aromatic N) is 1. The van der Waals surface area contributed by atoms with Crippen LogP contribution in [0.5, 0.6) is 17.2 Å². The van der Waals surface area contributed by atoms with Gasteiger partial charge in [-0.1, -0.05) is 6.07 Å². The summed E-state index contributed by atoms with van der Waals surface area (Å²) in [4.78, 5) is 12.7. The highest BCUT2D eigenvalue weighted by Crippen LogP contribution is 2.42.